The highest BCUT2D eigenvalue weighted by molar-refractivity contribution is 7.18. The first-order valence-electron chi connectivity index (χ1n) is 4.04. The summed E-state index contributed by atoms with van der Waals surface area (Å²) in [6.45, 7) is 0. The predicted molar refractivity (Wildman–Crippen MR) is 51.2 cm³/mol. The second kappa shape index (κ2) is 3.67. The molecule has 0 amide bonds. The van der Waals surface area contributed by atoms with Crippen LogP contribution in [-0.4, -0.2) is 26.0 Å². The summed E-state index contributed by atoms with van der Waals surface area (Å²) in [6, 6.07) is 0. The Labute approximate surface area is 83.5 Å². The van der Waals surface area contributed by atoms with Crippen molar-refractivity contribution in [1.82, 2.24) is 15.0 Å². The summed E-state index contributed by atoms with van der Waals surface area (Å²) in [5.41, 5.74) is 0.595. The third kappa shape index (κ3) is 1.85. The number of carboxylic acids is 1. The first kappa shape index (κ1) is 9.01. The number of hydrogen-bond donors (Lipinski definition) is 1. The molecule has 0 spiro atoms. The summed E-state index contributed by atoms with van der Waals surface area (Å²) in [6.07, 6.45) is 3.71. The van der Waals surface area contributed by atoms with Crippen molar-refractivity contribution in [2.24, 2.45) is 0 Å². The number of hydrogen-bond acceptors (Lipinski definition) is 5. The summed E-state index contributed by atoms with van der Waals surface area (Å²) in [5.74, 6) is -0.815. The number of nitrogens with zero attached hydrogens (tertiary/aromatic N) is 3. The molecule has 2 heterocycles. The minimum atomic E-state index is -0.815. The molecule has 0 aliphatic heterocycles. The monoisotopic (exact) mass is 209 g/mol. The van der Waals surface area contributed by atoms with Crippen LogP contribution < -0.4 is 0 Å². The number of carbonyl (C=O) groups is 1. The minimum absolute atomic E-state index is 0.0970. The Morgan fingerprint density at radius 1 is 1.43 bits per heavy atom. The average molecular weight is 209 g/mol. The largest absolute Gasteiger partial charge is 0.481 e. The third-order valence-corrected chi connectivity index (χ3v) is 2.66. The highest BCUT2D eigenvalue weighted by Gasteiger charge is 2.06. The molecule has 0 saturated heterocycles. The Kier molecular flexibility index (Phi) is 2.36. The van der Waals surface area contributed by atoms with Gasteiger partial charge in [-0.05, 0) is 0 Å². The van der Waals surface area contributed by atoms with Crippen LogP contribution in [-0.2, 0) is 11.2 Å². The van der Waals surface area contributed by atoms with Gasteiger partial charge in [-0.25, -0.2) is 15.0 Å². The van der Waals surface area contributed by atoms with Crippen molar-refractivity contribution < 1.29 is 9.90 Å². The Balaban J connectivity index is 2.22. The molecule has 0 aliphatic rings. The maximum Gasteiger partial charge on any atom is 0.303 e. The summed E-state index contributed by atoms with van der Waals surface area (Å²) in [4.78, 5) is 23.4. The first-order chi connectivity index (χ1) is 6.75. The van der Waals surface area contributed by atoms with E-state index in [1.54, 1.807) is 12.4 Å². The molecule has 14 heavy (non-hydrogen) atoms. The molecule has 0 aliphatic carbocycles. The van der Waals surface area contributed by atoms with Crippen molar-refractivity contribution in [3.8, 4) is 0 Å². The minimum Gasteiger partial charge on any atom is -0.481 e. The number of aromatic nitrogens is 3. The summed E-state index contributed by atoms with van der Waals surface area (Å²) >= 11 is 1.39. The van der Waals surface area contributed by atoms with Crippen LogP contribution in [0.25, 0.3) is 10.5 Å². The predicted octanol–water partition coefficient (Wildman–Crippen LogP) is 1.10. The van der Waals surface area contributed by atoms with Crippen LogP contribution in [0.2, 0.25) is 0 Å². The van der Waals surface area contributed by atoms with Crippen molar-refractivity contribution in [2.45, 2.75) is 12.8 Å². The fraction of sp³-hybridized carbons (Fsp3) is 0.250. The van der Waals surface area contributed by atoms with Gasteiger partial charge in [0.15, 0.2) is 10.5 Å². The molecule has 1 N–H and O–H groups in total. The van der Waals surface area contributed by atoms with E-state index in [0.29, 0.717) is 12.1 Å². The fourth-order valence-electron chi connectivity index (χ4n) is 1.04. The highest BCUT2D eigenvalue weighted by atomic mass is 32.1. The molecular weight excluding hydrogens is 202 g/mol. The number of aryl methyl sites for hydroxylation is 1. The van der Waals surface area contributed by atoms with Crippen molar-refractivity contribution in [2.75, 3.05) is 0 Å². The van der Waals surface area contributed by atoms with E-state index >= 15 is 0 Å². The Bertz CT molecular complexity index is 435. The number of aliphatic carboxylic acids is 1. The van der Waals surface area contributed by atoms with Crippen molar-refractivity contribution in [1.29, 1.82) is 0 Å². The van der Waals surface area contributed by atoms with Gasteiger partial charge in [0.25, 0.3) is 0 Å². The molecule has 0 aromatic carbocycles. The Morgan fingerprint density at radius 3 is 2.93 bits per heavy atom. The van der Waals surface area contributed by atoms with Crippen LogP contribution >= 0.6 is 11.3 Å². The molecule has 2 aromatic rings. The Morgan fingerprint density at radius 2 is 2.21 bits per heavy atom. The van der Waals surface area contributed by atoms with E-state index in [0.717, 1.165) is 9.84 Å². The smallest absolute Gasteiger partial charge is 0.303 e. The zero-order valence-corrected chi connectivity index (χ0v) is 7.99. The van der Waals surface area contributed by atoms with Crippen LogP contribution in [0.5, 0.6) is 0 Å². The van der Waals surface area contributed by atoms with E-state index in [-0.39, 0.29) is 6.42 Å². The molecule has 6 heteroatoms. The first-order valence-corrected chi connectivity index (χ1v) is 4.85. The quantitative estimate of drug-likeness (QED) is 0.819. The molecule has 72 valence electrons. The maximum atomic E-state index is 10.3. The van der Waals surface area contributed by atoms with Crippen LogP contribution in [0.15, 0.2) is 12.4 Å². The number of rotatable bonds is 3. The van der Waals surface area contributed by atoms with Crippen molar-refractivity contribution in [3.63, 3.8) is 0 Å². The lowest BCUT2D eigenvalue weighted by atomic mass is 10.3. The number of fused-ring (bicyclic) bond motifs is 1. The normalized spacial score (nSPS) is 10.6. The molecule has 0 atom stereocenters. The lowest BCUT2D eigenvalue weighted by molar-refractivity contribution is -0.136. The molecule has 5 nitrogen and oxygen atoms in total. The SMILES string of the molecule is O=C(O)CCc1nc2nccnc2s1. The van der Waals surface area contributed by atoms with Gasteiger partial charge in [-0.2, -0.15) is 0 Å². The molecule has 0 radical (unpaired) electrons. The topological polar surface area (TPSA) is 76.0 Å². The van der Waals surface area contributed by atoms with Gasteiger partial charge in [0, 0.05) is 18.8 Å². The highest BCUT2D eigenvalue weighted by Crippen LogP contribution is 2.18. The summed E-state index contributed by atoms with van der Waals surface area (Å²) in [7, 11) is 0. The zero-order chi connectivity index (χ0) is 9.97. The van der Waals surface area contributed by atoms with E-state index in [1.807, 2.05) is 0 Å². The molecular formula is C8H7N3O2S. The zero-order valence-electron chi connectivity index (χ0n) is 7.17. The standard InChI is InChI=1S/C8H7N3O2S/c12-6(13)2-1-5-11-7-8(14-5)10-4-3-9-7/h3-4H,1-2H2,(H,12,13). The van der Waals surface area contributed by atoms with Crippen LogP contribution in [0.3, 0.4) is 0 Å². The van der Waals surface area contributed by atoms with Crippen molar-refractivity contribution >= 4 is 27.8 Å². The van der Waals surface area contributed by atoms with E-state index in [2.05, 4.69) is 15.0 Å². The second-order valence-corrected chi connectivity index (χ2v) is 3.75. The number of carboxylic acid groups (broad SMARTS) is 1. The van der Waals surface area contributed by atoms with E-state index in [9.17, 15) is 4.79 Å². The maximum absolute atomic E-state index is 10.3. The van der Waals surface area contributed by atoms with E-state index in [4.69, 9.17) is 5.11 Å². The van der Waals surface area contributed by atoms with Gasteiger partial charge < -0.3 is 5.11 Å². The van der Waals surface area contributed by atoms with Gasteiger partial charge >= 0.3 is 5.97 Å². The average Bonchev–Trinajstić information content (AvgIpc) is 2.57. The molecule has 0 fully saturated rings. The molecule has 0 bridgehead atoms. The molecule has 2 aromatic heterocycles. The van der Waals surface area contributed by atoms with Gasteiger partial charge in [0.2, 0.25) is 0 Å². The molecule has 0 unspecified atom stereocenters. The van der Waals surface area contributed by atoms with Crippen molar-refractivity contribution in [3.05, 3.63) is 17.4 Å². The summed E-state index contributed by atoms with van der Waals surface area (Å²) in [5, 5.41) is 9.27. The summed E-state index contributed by atoms with van der Waals surface area (Å²) < 4.78 is 0. The van der Waals surface area contributed by atoms with Gasteiger partial charge in [-0.1, -0.05) is 11.3 Å². The molecule has 2 rings (SSSR count). The van der Waals surface area contributed by atoms with Crippen LogP contribution in [0.4, 0.5) is 0 Å². The fourth-order valence-corrected chi connectivity index (χ4v) is 1.90. The third-order valence-electron chi connectivity index (χ3n) is 1.64. The van der Waals surface area contributed by atoms with Gasteiger partial charge in [0.05, 0.1) is 11.4 Å². The van der Waals surface area contributed by atoms with E-state index < -0.39 is 5.97 Å². The lowest BCUT2D eigenvalue weighted by Crippen LogP contribution is -1.96. The van der Waals surface area contributed by atoms with Gasteiger partial charge in [-0.15, -0.1) is 0 Å². The Hall–Kier alpha value is -1.56. The van der Waals surface area contributed by atoms with Gasteiger partial charge in [0.1, 0.15) is 0 Å². The van der Waals surface area contributed by atoms with E-state index in [1.165, 1.54) is 11.3 Å². The second-order valence-electron chi connectivity index (χ2n) is 2.69. The van der Waals surface area contributed by atoms with Crippen LogP contribution in [0, 0.1) is 0 Å². The lowest BCUT2D eigenvalue weighted by Gasteiger charge is -1.88. The van der Waals surface area contributed by atoms with Crippen LogP contribution in [0.1, 0.15) is 11.4 Å². The number of thiazole rings is 1. The molecule has 0 saturated carbocycles. The van der Waals surface area contributed by atoms with Gasteiger partial charge in [-0.3, -0.25) is 4.79 Å².